The van der Waals surface area contributed by atoms with Gasteiger partial charge in [0.15, 0.2) is 0 Å². The molecule has 2 aromatic carbocycles. The molecule has 4 heteroatoms. The minimum Gasteiger partial charge on any atom is -0.496 e. The predicted octanol–water partition coefficient (Wildman–Crippen LogP) is 4.95. The third-order valence-corrected chi connectivity index (χ3v) is 5.31. The van der Waals surface area contributed by atoms with E-state index in [0.717, 1.165) is 47.9 Å². The van der Waals surface area contributed by atoms with Gasteiger partial charge in [0.05, 0.1) is 13.2 Å². The average Bonchev–Trinajstić information content (AvgIpc) is 3.54. The Hall–Kier alpha value is -2.59. The Balaban J connectivity index is 2.13. The number of amides is 1. The van der Waals surface area contributed by atoms with Crippen molar-refractivity contribution in [1.82, 2.24) is 5.32 Å². The van der Waals surface area contributed by atoms with Crippen LogP contribution in [-0.2, 0) is 11.2 Å². The number of allylic oxidation sites excluding steroid dienone is 1. The monoisotopic (exact) mass is 378 g/mol. The molecule has 0 saturated heterocycles. The highest BCUT2D eigenvalue weighted by Gasteiger charge is 2.27. The molecule has 28 heavy (non-hydrogen) atoms. The van der Waals surface area contributed by atoms with Crippen LogP contribution in [0.3, 0.4) is 0 Å². The van der Waals surface area contributed by atoms with Crippen molar-refractivity contribution in [3.05, 3.63) is 64.7 Å². The van der Waals surface area contributed by atoms with Crippen LogP contribution in [0.1, 0.15) is 55.0 Å². The second-order valence-electron chi connectivity index (χ2n) is 7.28. The Kier molecular flexibility index (Phi) is 6.88. The van der Waals surface area contributed by atoms with Gasteiger partial charge in [-0.05, 0) is 73.5 Å². The molecule has 1 unspecified atom stereocenters. The van der Waals surface area contributed by atoms with E-state index in [-0.39, 0.29) is 6.04 Å². The molecule has 1 saturated carbocycles. The third-order valence-electron chi connectivity index (χ3n) is 5.31. The summed E-state index contributed by atoms with van der Waals surface area (Å²) in [5.41, 5.74) is 5.58. The van der Waals surface area contributed by atoms with Crippen molar-refractivity contribution in [2.24, 2.45) is 5.92 Å². The maximum absolute atomic E-state index is 10.9. The van der Waals surface area contributed by atoms with Crippen molar-refractivity contribution in [3.63, 3.8) is 0 Å². The first-order chi connectivity index (χ1) is 13.7. The van der Waals surface area contributed by atoms with E-state index >= 15 is 0 Å². The molecule has 1 atom stereocenters. The molecule has 0 radical (unpaired) electrons. The number of methoxy groups -OCH3 is 1. The fraction of sp³-hybridized carbons (Fsp3) is 0.375. The van der Waals surface area contributed by atoms with Gasteiger partial charge in [-0.2, -0.15) is 0 Å². The summed E-state index contributed by atoms with van der Waals surface area (Å²) < 4.78 is 5.79. The number of carbonyl (C=O) groups is 1. The van der Waals surface area contributed by atoms with Crippen LogP contribution in [-0.4, -0.2) is 20.1 Å². The van der Waals surface area contributed by atoms with E-state index in [1.54, 1.807) is 7.11 Å². The van der Waals surface area contributed by atoms with Gasteiger partial charge < -0.3 is 15.4 Å². The lowest BCUT2D eigenvalue weighted by molar-refractivity contribution is -0.105. The van der Waals surface area contributed by atoms with E-state index in [0.29, 0.717) is 0 Å². The highest BCUT2D eigenvalue weighted by molar-refractivity contribution is 5.72. The second-order valence-corrected chi connectivity index (χ2v) is 7.28. The molecular formula is C24H30N2O2. The van der Waals surface area contributed by atoms with Crippen molar-refractivity contribution >= 4 is 18.2 Å². The van der Waals surface area contributed by atoms with Crippen LogP contribution in [0.25, 0.3) is 6.08 Å². The highest BCUT2D eigenvalue weighted by atomic mass is 16.5. The number of hydrogen-bond donors (Lipinski definition) is 2. The molecule has 0 bridgehead atoms. The normalized spacial score (nSPS) is 14.8. The van der Waals surface area contributed by atoms with Gasteiger partial charge in [-0.1, -0.05) is 37.3 Å². The average molecular weight is 379 g/mol. The minimum absolute atomic E-state index is 0.0124. The summed E-state index contributed by atoms with van der Waals surface area (Å²) in [7, 11) is 1.73. The molecule has 0 aliphatic heterocycles. The number of hydrogen-bond acceptors (Lipinski definition) is 3. The smallest absolute Gasteiger partial charge is 0.211 e. The molecule has 3 rings (SSSR count). The van der Waals surface area contributed by atoms with Crippen LogP contribution in [0.2, 0.25) is 0 Å². The molecular weight excluding hydrogens is 348 g/mol. The summed E-state index contributed by atoms with van der Waals surface area (Å²) in [6.45, 7) is 5.20. The van der Waals surface area contributed by atoms with Crippen LogP contribution >= 0.6 is 0 Å². The Morgan fingerprint density at radius 3 is 2.71 bits per heavy atom. The lowest BCUT2D eigenvalue weighted by Crippen LogP contribution is -2.26. The summed E-state index contributed by atoms with van der Waals surface area (Å²) >= 11 is 0. The predicted molar refractivity (Wildman–Crippen MR) is 116 cm³/mol. The fourth-order valence-corrected chi connectivity index (χ4v) is 3.68. The van der Waals surface area contributed by atoms with Gasteiger partial charge in [-0.3, -0.25) is 4.79 Å². The van der Waals surface area contributed by atoms with E-state index in [9.17, 15) is 4.79 Å². The molecule has 1 fully saturated rings. The number of benzene rings is 2. The van der Waals surface area contributed by atoms with Crippen LogP contribution in [0.5, 0.6) is 5.75 Å². The number of ether oxygens (including phenoxy) is 1. The Morgan fingerprint density at radius 2 is 2.07 bits per heavy atom. The first kappa shape index (κ1) is 20.2. The number of rotatable bonds is 10. The van der Waals surface area contributed by atoms with Gasteiger partial charge in [-0.15, -0.1) is 0 Å². The molecule has 2 aromatic rings. The Bertz CT molecular complexity index is 840. The molecule has 148 valence electrons. The standard InChI is InChI=1S/C24H30N2O2/c1-4-7-21-18(5-2)12-13-22(28-3)23(21)24(25-15-17-10-11-17)19-8-6-9-20(14-19)26-16-27/h4,6-9,12-14,16-17,24-25H,5,10-11,15H2,1-3H3,(H,26,27)/b7-4-. The van der Waals surface area contributed by atoms with Crippen molar-refractivity contribution in [2.75, 3.05) is 19.0 Å². The van der Waals surface area contributed by atoms with Crippen molar-refractivity contribution < 1.29 is 9.53 Å². The summed E-state index contributed by atoms with van der Waals surface area (Å²) in [5.74, 6) is 1.64. The Morgan fingerprint density at radius 1 is 1.25 bits per heavy atom. The molecule has 0 aromatic heterocycles. The molecule has 4 nitrogen and oxygen atoms in total. The van der Waals surface area contributed by atoms with Crippen molar-refractivity contribution in [1.29, 1.82) is 0 Å². The van der Waals surface area contributed by atoms with Gasteiger partial charge >= 0.3 is 0 Å². The second kappa shape index (κ2) is 9.56. The van der Waals surface area contributed by atoms with Gasteiger partial charge in [0.25, 0.3) is 0 Å². The summed E-state index contributed by atoms with van der Waals surface area (Å²) in [4.78, 5) is 10.9. The van der Waals surface area contributed by atoms with Crippen LogP contribution in [0, 0.1) is 5.92 Å². The van der Waals surface area contributed by atoms with Crippen LogP contribution in [0.15, 0.2) is 42.5 Å². The zero-order chi connectivity index (χ0) is 19.9. The third kappa shape index (κ3) is 4.63. The molecule has 0 spiro atoms. The largest absolute Gasteiger partial charge is 0.496 e. The maximum Gasteiger partial charge on any atom is 0.211 e. The lowest BCUT2D eigenvalue weighted by atomic mass is 9.89. The molecule has 0 heterocycles. The summed E-state index contributed by atoms with van der Waals surface area (Å²) in [5, 5.41) is 6.55. The van der Waals surface area contributed by atoms with E-state index in [1.165, 1.54) is 24.0 Å². The van der Waals surface area contributed by atoms with E-state index < -0.39 is 0 Å². The number of anilines is 1. The maximum atomic E-state index is 10.9. The fourth-order valence-electron chi connectivity index (χ4n) is 3.68. The zero-order valence-electron chi connectivity index (χ0n) is 17.0. The number of carbonyl (C=O) groups excluding carboxylic acids is 1. The number of aryl methyl sites for hydroxylation is 1. The SMILES string of the molecule is C/C=C\c1c(CC)ccc(OC)c1C(NCC1CC1)c1cccc(NC=O)c1. The zero-order valence-corrected chi connectivity index (χ0v) is 17.0. The van der Waals surface area contributed by atoms with Gasteiger partial charge in [0.2, 0.25) is 6.41 Å². The molecule has 1 aliphatic carbocycles. The quantitative estimate of drug-likeness (QED) is 0.575. The minimum atomic E-state index is -0.0124. The highest BCUT2D eigenvalue weighted by Crippen LogP contribution is 2.38. The van der Waals surface area contributed by atoms with Gasteiger partial charge in [-0.25, -0.2) is 0 Å². The van der Waals surface area contributed by atoms with E-state index in [1.807, 2.05) is 25.1 Å². The molecule has 2 N–H and O–H groups in total. The summed E-state index contributed by atoms with van der Waals surface area (Å²) in [6.07, 6.45) is 8.52. The van der Waals surface area contributed by atoms with Crippen LogP contribution < -0.4 is 15.4 Å². The Labute approximate surface area is 168 Å². The first-order valence-corrected chi connectivity index (χ1v) is 10.1. The number of nitrogens with one attached hydrogen (secondary N) is 2. The van der Waals surface area contributed by atoms with Gasteiger partial charge in [0.1, 0.15) is 5.75 Å². The van der Waals surface area contributed by atoms with Crippen molar-refractivity contribution in [3.8, 4) is 5.75 Å². The molecule has 1 amide bonds. The topological polar surface area (TPSA) is 50.4 Å². The van der Waals surface area contributed by atoms with E-state index in [2.05, 4.69) is 47.9 Å². The van der Waals surface area contributed by atoms with E-state index in [4.69, 9.17) is 4.74 Å². The van der Waals surface area contributed by atoms with Gasteiger partial charge in [0, 0.05) is 11.3 Å². The van der Waals surface area contributed by atoms with Crippen molar-refractivity contribution in [2.45, 2.75) is 39.2 Å². The lowest BCUT2D eigenvalue weighted by Gasteiger charge is -2.26. The molecule has 1 aliphatic rings. The van der Waals surface area contributed by atoms with Crippen LogP contribution in [0.4, 0.5) is 5.69 Å². The first-order valence-electron chi connectivity index (χ1n) is 10.1. The summed E-state index contributed by atoms with van der Waals surface area (Å²) in [6, 6.07) is 12.2.